The SMILES string of the molecule is CCNC(=O)N1CCCCC1CCn1cc(C(=O)NCCc2ccccc2)nn1. The van der Waals surface area contributed by atoms with Gasteiger partial charge in [-0.2, -0.15) is 0 Å². The molecule has 156 valence electrons. The van der Waals surface area contributed by atoms with E-state index in [1.807, 2.05) is 42.2 Å². The van der Waals surface area contributed by atoms with Crippen molar-refractivity contribution in [3.63, 3.8) is 0 Å². The summed E-state index contributed by atoms with van der Waals surface area (Å²) in [6.45, 7) is 4.54. The first-order valence-corrected chi connectivity index (χ1v) is 10.4. The zero-order valence-electron chi connectivity index (χ0n) is 17.0. The van der Waals surface area contributed by atoms with Crippen LogP contribution >= 0.6 is 0 Å². The van der Waals surface area contributed by atoms with E-state index in [0.717, 1.165) is 38.6 Å². The van der Waals surface area contributed by atoms with Crippen LogP contribution in [0.1, 0.15) is 48.7 Å². The van der Waals surface area contributed by atoms with Gasteiger partial charge in [0.1, 0.15) is 0 Å². The maximum Gasteiger partial charge on any atom is 0.317 e. The molecule has 2 aromatic rings. The average molecular weight is 399 g/mol. The normalized spacial score (nSPS) is 16.4. The number of aryl methyl sites for hydroxylation is 1. The third kappa shape index (κ3) is 6.04. The molecule has 8 nitrogen and oxygen atoms in total. The minimum Gasteiger partial charge on any atom is -0.350 e. The number of benzene rings is 1. The van der Waals surface area contributed by atoms with Crippen LogP contribution in [0.3, 0.4) is 0 Å². The lowest BCUT2D eigenvalue weighted by Gasteiger charge is -2.35. The highest BCUT2D eigenvalue weighted by Crippen LogP contribution is 2.20. The summed E-state index contributed by atoms with van der Waals surface area (Å²) in [6, 6.07) is 10.2. The molecule has 0 bridgehead atoms. The van der Waals surface area contributed by atoms with E-state index in [0.29, 0.717) is 25.3 Å². The smallest absolute Gasteiger partial charge is 0.317 e. The molecule has 2 heterocycles. The van der Waals surface area contributed by atoms with Crippen molar-refractivity contribution in [1.82, 2.24) is 30.5 Å². The molecule has 0 saturated carbocycles. The van der Waals surface area contributed by atoms with Crippen LogP contribution in [0.25, 0.3) is 0 Å². The Kier molecular flexibility index (Phi) is 7.61. The van der Waals surface area contributed by atoms with E-state index in [1.165, 1.54) is 5.56 Å². The first-order chi connectivity index (χ1) is 14.2. The van der Waals surface area contributed by atoms with Crippen molar-refractivity contribution in [1.29, 1.82) is 0 Å². The van der Waals surface area contributed by atoms with Gasteiger partial charge >= 0.3 is 6.03 Å². The Balaban J connectivity index is 1.46. The molecule has 3 rings (SSSR count). The van der Waals surface area contributed by atoms with E-state index >= 15 is 0 Å². The van der Waals surface area contributed by atoms with Crippen LogP contribution in [-0.2, 0) is 13.0 Å². The molecule has 2 N–H and O–H groups in total. The van der Waals surface area contributed by atoms with E-state index in [9.17, 15) is 9.59 Å². The number of carbonyl (C=O) groups excluding carboxylic acids is 2. The van der Waals surface area contributed by atoms with Gasteiger partial charge in [0.2, 0.25) is 0 Å². The first-order valence-electron chi connectivity index (χ1n) is 10.4. The third-order valence-corrected chi connectivity index (χ3v) is 5.22. The number of nitrogens with zero attached hydrogens (tertiary/aromatic N) is 4. The number of likely N-dealkylation sites (tertiary alicyclic amines) is 1. The number of piperidine rings is 1. The molecule has 29 heavy (non-hydrogen) atoms. The predicted molar refractivity (Wildman–Crippen MR) is 111 cm³/mol. The molecular weight excluding hydrogens is 368 g/mol. The average Bonchev–Trinajstić information content (AvgIpc) is 3.22. The fourth-order valence-electron chi connectivity index (χ4n) is 3.67. The van der Waals surface area contributed by atoms with Crippen molar-refractivity contribution in [2.75, 3.05) is 19.6 Å². The topological polar surface area (TPSA) is 92.2 Å². The Labute approximate surface area is 171 Å². The van der Waals surface area contributed by atoms with Crippen molar-refractivity contribution in [3.05, 3.63) is 47.8 Å². The number of urea groups is 1. The van der Waals surface area contributed by atoms with Crippen molar-refractivity contribution >= 4 is 11.9 Å². The van der Waals surface area contributed by atoms with Crippen molar-refractivity contribution in [3.8, 4) is 0 Å². The Morgan fingerprint density at radius 1 is 1.17 bits per heavy atom. The van der Waals surface area contributed by atoms with Crippen LogP contribution in [0.2, 0.25) is 0 Å². The zero-order chi connectivity index (χ0) is 20.5. The van der Waals surface area contributed by atoms with Crippen molar-refractivity contribution < 1.29 is 9.59 Å². The molecule has 1 aromatic heterocycles. The van der Waals surface area contributed by atoms with Gasteiger partial charge in [0.05, 0.1) is 6.20 Å². The van der Waals surface area contributed by atoms with Gasteiger partial charge in [0.25, 0.3) is 5.91 Å². The highest BCUT2D eigenvalue weighted by molar-refractivity contribution is 5.91. The summed E-state index contributed by atoms with van der Waals surface area (Å²) in [5.74, 6) is -0.214. The molecule has 1 fully saturated rings. The van der Waals surface area contributed by atoms with Crippen molar-refractivity contribution in [2.24, 2.45) is 0 Å². The minimum atomic E-state index is -0.214. The van der Waals surface area contributed by atoms with Crippen LogP contribution < -0.4 is 10.6 Å². The van der Waals surface area contributed by atoms with Gasteiger partial charge in [0, 0.05) is 32.2 Å². The Bertz CT molecular complexity index is 791. The summed E-state index contributed by atoms with van der Waals surface area (Å²) in [6.07, 6.45) is 6.43. The number of hydrogen-bond donors (Lipinski definition) is 2. The number of carbonyl (C=O) groups is 2. The van der Waals surface area contributed by atoms with E-state index in [2.05, 4.69) is 20.9 Å². The summed E-state index contributed by atoms with van der Waals surface area (Å²) >= 11 is 0. The van der Waals surface area contributed by atoms with Gasteiger partial charge in [0.15, 0.2) is 5.69 Å². The highest BCUT2D eigenvalue weighted by atomic mass is 16.2. The molecule has 1 saturated heterocycles. The molecule has 1 unspecified atom stereocenters. The molecule has 1 atom stereocenters. The first kappa shape index (κ1) is 20.8. The summed E-state index contributed by atoms with van der Waals surface area (Å²) in [5.41, 5.74) is 1.50. The maximum absolute atomic E-state index is 12.3. The van der Waals surface area contributed by atoms with Gasteiger partial charge in [-0.25, -0.2) is 4.79 Å². The Morgan fingerprint density at radius 2 is 2.00 bits per heavy atom. The quantitative estimate of drug-likeness (QED) is 0.713. The number of rotatable bonds is 8. The second-order valence-electron chi connectivity index (χ2n) is 7.33. The molecule has 1 aliphatic heterocycles. The lowest BCUT2D eigenvalue weighted by atomic mass is 10.00. The van der Waals surface area contributed by atoms with E-state index in [-0.39, 0.29) is 18.0 Å². The van der Waals surface area contributed by atoms with Gasteiger partial charge in [-0.1, -0.05) is 35.5 Å². The largest absolute Gasteiger partial charge is 0.350 e. The van der Waals surface area contributed by atoms with Crippen molar-refractivity contribution in [2.45, 2.75) is 51.6 Å². The number of hydrogen-bond acceptors (Lipinski definition) is 4. The van der Waals surface area contributed by atoms with E-state index in [4.69, 9.17) is 0 Å². The number of aromatic nitrogens is 3. The maximum atomic E-state index is 12.3. The fourth-order valence-corrected chi connectivity index (χ4v) is 3.67. The van der Waals surface area contributed by atoms with Crippen LogP contribution in [0.4, 0.5) is 4.79 Å². The Hall–Kier alpha value is -2.90. The molecular formula is C21H30N6O2. The zero-order valence-corrected chi connectivity index (χ0v) is 17.0. The molecule has 0 aliphatic carbocycles. The van der Waals surface area contributed by atoms with Crippen LogP contribution in [0.15, 0.2) is 36.5 Å². The summed E-state index contributed by atoms with van der Waals surface area (Å²) in [7, 11) is 0. The van der Waals surface area contributed by atoms with Crippen LogP contribution in [0.5, 0.6) is 0 Å². The van der Waals surface area contributed by atoms with E-state index < -0.39 is 0 Å². The van der Waals surface area contributed by atoms with Gasteiger partial charge < -0.3 is 15.5 Å². The third-order valence-electron chi connectivity index (χ3n) is 5.22. The second kappa shape index (κ2) is 10.6. The van der Waals surface area contributed by atoms with Gasteiger partial charge in [-0.05, 0) is 44.6 Å². The predicted octanol–water partition coefficient (Wildman–Crippen LogP) is 2.22. The van der Waals surface area contributed by atoms with Gasteiger partial charge in [-0.3, -0.25) is 9.48 Å². The molecule has 1 aliphatic rings. The summed E-state index contributed by atoms with van der Waals surface area (Å²) in [4.78, 5) is 26.5. The molecule has 1 aromatic carbocycles. The molecule has 0 spiro atoms. The molecule has 0 radical (unpaired) electrons. The van der Waals surface area contributed by atoms with Gasteiger partial charge in [-0.15, -0.1) is 5.10 Å². The Morgan fingerprint density at radius 3 is 2.79 bits per heavy atom. The number of nitrogens with one attached hydrogen (secondary N) is 2. The number of amides is 3. The minimum absolute atomic E-state index is 0.00859. The van der Waals surface area contributed by atoms with Crippen LogP contribution in [-0.4, -0.2) is 57.5 Å². The summed E-state index contributed by atoms with van der Waals surface area (Å²) in [5, 5.41) is 13.9. The lowest BCUT2D eigenvalue weighted by Crippen LogP contribution is -2.48. The summed E-state index contributed by atoms with van der Waals surface area (Å²) < 4.78 is 1.69. The van der Waals surface area contributed by atoms with Crippen LogP contribution in [0, 0.1) is 0 Å². The standard InChI is InChI=1S/C21H30N6O2/c1-2-22-21(29)27-14-7-6-10-18(27)12-15-26-16-19(24-25-26)20(28)23-13-11-17-8-4-3-5-9-17/h3-5,8-9,16,18H,2,6-7,10-15H2,1H3,(H,22,29)(H,23,28). The lowest BCUT2D eigenvalue weighted by molar-refractivity contribution is 0.0949. The molecule has 3 amide bonds. The second-order valence-corrected chi connectivity index (χ2v) is 7.33. The molecule has 8 heteroatoms. The highest BCUT2D eigenvalue weighted by Gasteiger charge is 2.26. The monoisotopic (exact) mass is 398 g/mol. The fraction of sp³-hybridized carbons (Fsp3) is 0.524. The van der Waals surface area contributed by atoms with E-state index in [1.54, 1.807) is 10.9 Å².